The van der Waals surface area contributed by atoms with Crippen molar-refractivity contribution in [2.75, 3.05) is 6.61 Å². The van der Waals surface area contributed by atoms with Crippen molar-refractivity contribution in [1.29, 1.82) is 0 Å². The minimum absolute atomic E-state index is 0.0446. The first kappa shape index (κ1) is 17.3. The minimum atomic E-state index is -0.330. The summed E-state index contributed by atoms with van der Waals surface area (Å²) >= 11 is 0. The molecule has 1 aromatic heterocycles. The van der Waals surface area contributed by atoms with E-state index < -0.39 is 0 Å². The molecule has 0 saturated carbocycles. The van der Waals surface area contributed by atoms with Crippen LogP contribution >= 0.6 is 0 Å². The number of benzene rings is 2. The first-order valence-electron chi connectivity index (χ1n) is 9.02. The zero-order chi connectivity index (χ0) is 18.6. The van der Waals surface area contributed by atoms with Crippen LogP contribution < -0.4 is 4.74 Å². The Hall–Kier alpha value is -3.15. The monoisotopic (exact) mass is 364 g/mol. The van der Waals surface area contributed by atoms with Crippen molar-refractivity contribution in [2.45, 2.75) is 26.4 Å². The van der Waals surface area contributed by atoms with E-state index in [2.05, 4.69) is 17.1 Å². The highest BCUT2D eigenvalue weighted by Gasteiger charge is 2.27. The number of hydrogen-bond acceptors (Lipinski definition) is 6. The van der Waals surface area contributed by atoms with E-state index in [9.17, 15) is 4.79 Å². The fraction of sp³-hybridized carbons (Fsp3) is 0.286. The molecular formula is C21H20N2O4. The SMILES string of the molecule is CCc1ccc(-c2noc(COC(=O)[C@H]3COc4ccccc4C3)n2)cc1. The molecule has 6 heteroatoms. The van der Waals surface area contributed by atoms with Gasteiger partial charge in [0.15, 0.2) is 6.61 Å². The van der Waals surface area contributed by atoms with E-state index in [1.807, 2.05) is 48.5 Å². The van der Waals surface area contributed by atoms with Gasteiger partial charge in [-0.1, -0.05) is 54.5 Å². The number of para-hydroxylation sites is 1. The molecule has 0 saturated heterocycles. The Balaban J connectivity index is 1.35. The summed E-state index contributed by atoms with van der Waals surface area (Å²) < 4.78 is 16.2. The highest BCUT2D eigenvalue weighted by molar-refractivity contribution is 5.73. The molecule has 0 amide bonds. The highest BCUT2D eigenvalue weighted by atomic mass is 16.6. The van der Waals surface area contributed by atoms with Crippen LogP contribution in [-0.2, 0) is 29.0 Å². The van der Waals surface area contributed by atoms with Crippen LogP contribution in [0.5, 0.6) is 5.75 Å². The Morgan fingerprint density at radius 3 is 2.81 bits per heavy atom. The number of hydrogen-bond donors (Lipinski definition) is 0. The molecule has 0 radical (unpaired) electrons. The molecule has 0 fully saturated rings. The highest BCUT2D eigenvalue weighted by Crippen LogP contribution is 2.27. The van der Waals surface area contributed by atoms with Crippen LogP contribution in [0, 0.1) is 5.92 Å². The molecule has 1 aliphatic rings. The van der Waals surface area contributed by atoms with Crippen molar-refractivity contribution >= 4 is 5.97 Å². The maximum absolute atomic E-state index is 12.3. The molecule has 1 atom stereocenters. The van der Waals surface area contributed by atoms with Crippen molar-refractivity contribution < 1.29 is 18.8 Å². The summed E-state index contributed by atoms with van der Waals surface area (Å²) in [6.07, 6.45) is 1.58. The maximum atomic E-state index is 12.3. The van der Waals surface area contributed by atoms with E-state index in [0.717, 1.165) is 23.3 Å². The summed E-state index contributed by atoms with van der Waals surface area (Å²) in [5, 5.41) is 3.96. The molecule has 6 nitrogen and oxygen atoms in total. The number of aromatic nitrogens is 2. The number of rotatable bonds is 5. The van der Waals surface area contributed by atoms with Crippen LogP contribution in [0.4, 0.5) is 0 Å². The van der Waals surface area contributed by atoms with E-state index in [0.29, 0.717) is 18.9 Å². The lowest BCUT2D eigenvalue weighted by molar-refractivity contribution is -0.152. The molecule has 2 aromatic carbocycles. The summed E-state index contributed by atoms with van der Waals surface area (Å²) in [7, 11) is 0. The summed E-state index contributed by atoms with van der Waals surface area (Å²) in [6.45, 7) is 2.37. The first-order chi connectivity index (χ1) is 13.2. The predicted octanol–water partition coefficient (Wildman–Crippen LogP) is 3.59. The van der Waals surface area contributed by atoms with Gasteiger partial charge in [-0.15, -0.1) is 0 Å². The van der Waals surface area contributed by atoms with Gasteiger partial charge >= 0.3 is 5.97 Å². The van der Waals surface area contributed by atoms with Gasteiger partial charge in [0.2, 0.25) is 5.82 Å². The third kappa shape index (κ3) is 3.84. The number of aryl methyl sites for hydroxylation is 1. The topological polar surface area (TPSA) is 74.5 Å². The Morgan fingerprint density at radius 2 is 2.00 bits per heavy atom. The number of carbonyl (C=O) groups is 1. The second-order valence-corrected chi connectivity index (χ2v) is 6.49. The van der Waals surface area contributed by atoms with Crippen LogP contribution in [-0.4, -0.2) is 22.7 Å². The van der Waals surface area contributed by atoms with Gasteiger partial charge in [-0.25, -0.2) is 0 Å². The molecular weight excluding hydrogens is 344 g/mol. The van der Waals surface area contributed by atoms with E-state index in [-0.39, 0.29) is 24.4 Å². The Bertz CT molecular complexity index is 933. The number of carbonyl (C=O) groups excluding carboxylic acids is 1. The van der Waals surface area contributed by atoms with Crippen molar-refractivity contribution in [3.8, 4) is 17.1 Å². The molecule has 0 bridgehead atoms. The molecule has 0 aliphatic carbocycles. The van der Waals surface area contributed by atoms with E-state index >= 15 is 0 Å². The third-order valence-electron chi connectivity index (χ3n) is 4.64. The average molecular weight is 364 g/mol. The zero-order valence-corrected chi connectivity index (χ0v) is 15.1. The van der Waals surface area contributed by atoms with Gasteiger partial charge in [-0.2, -0.15) is 4.98 Å². The van der Waals surface area contributed by atoms with Crippen LogP contribution in [0.3, 0.4) is 0 Å². The molecule has 0 unspecified atom stereocenters. The Labute approximate surface area is 157 Å². The lowest BCUT2D eigenvalue weighted by atomic mass is 9.97. The standard InChI is InChI=1S/C21H20N2O4/c1-2-14-7-9-15(10-8-14)20-22-19(27-23-20)13-26-21(24)17-11-16-5-3-4-6-18(16)25-12-17/h3-10,17H,2,11-13H2,1H3/t17-/m1/s1. The largest absolute Gasteiger partial charge is 0.492 e. The van der Waals surface area contributed by atoms with Crippen molar-refractivity contribution in [1.82, 2.24) is 10.1 Å². The van der Waals surface area contributed by atoms with Crippen LogP contribution in [0.2, 0.25) is 0 Å². The van der Waals surface area contributed by atoms with E-state index in [1.54, 1.807) is 0 Å². The van der Waals surface area contributed by atoms with E-state index in [1.165, 1.54) is 5.56 Å². The van der Waals surface area contributed by atoms with Crippen molar-refractivity contribution in [2.24, 2.45) is 5.92 Å². The summed E-state index contributed by atoms with van der Waals surface area (Å²) in [5.74, 6) is 0.936. The van der Waals surface area contributed by atoms with E-state index in [4.69, 9.17) is 14.0 Å². The minimum Gasteiger partial charge on any atom is -0.492 e. The lowest BCUT2D eigenvalue weighted by Crippen LogP contribution is -2.29. The zero-order valence-electron chi connectivity index (χ0n) is 15.1. The Morgan fingerprint density at radius 1 is 1.19 bits per heavy atom. The van der Waals surface area contributed by atoms with Crippen molar-refractivity contribution in [3.63, 3.8) is 0 Å². The van der Waals surface area contributed by atoms with Gasteiger partial charge in [-0.05, 0) is 30.0 Å². The number of fused-ring (bicyclic) bond motifs is 1. The molecule has 138 valence electrons. The number of ether oxygens (including phenoxy) is 2. The number of esters is 1. The first-order valence-corrected chi connectivity index (χ1v) is 9.02. The summed E-state index contributed by atoms with van der Waals surface area (Å²) in [6, 6.07) is 15.7. The molecule has 27 heavy (non-hydrogen) atoms. The third-order valence-corrected chi connectivity index (χ3v) is 4.64. The van der Waals surface area contributed by atoms with Gasteiger partial charge < -0.3 is 14.0 Å². The quantitative estimate of drug-likeness (QED) is 0.644. The lowest BCUT2D eigenvalue weighted by Gasteiger charge is -2.23. The maximum Gasteiger partial charge on any atom is 0.313 e. The molecule has 2 heterocycles. The van der Waals surface area contributed by atoms with Crippen molar-refractivity contribution in [3.05, 3.63) is 65.5 Å². The molecule has 0 spiro atoms. The van der Waals surface area contributed by atoms with Gasteiger partial charge in [-0.3, -0.25) is 4.79 Å². The van der Waals surface area contributed by atoms with Gasteiger partial charge in [0.25, 0.3) is 5.89 Å². The summed E-state index contributed by atoms with van der Waals surface area (Å²) in [5.41, 5.74) is 3.12. The normalized spacial score (nSPS) is 15.7. The van der Waals surface area contributed by atoms with Gasteiger partial charge in [0.1, 0.15) is 12.4 Å². The van der Waals surface area contributed by atoms with Crippen LogP contribution in [0.15, 0.2) is 53.1 Å². The molecule has 3 aromatic rings. The fourth-order valence-corrected chi connectivity index (χ4v) is 3.05. The molecule has 4 rings (SSSR count). The predicted molar refractivity (Wildman–Crippen MR) is 98.0 cm³/mol. The van der Waals surface area contributed by atoms with Crippen LogP contribution in [0.25, 0.3) is 11.4 Å². The van der Waals surface area contributed by atoms with Gasteiger partial charge in [0.05, 0.1) is 5.92 Å². The average Bonchev–Trinajstić information content (AvgIpc) is 3.21. The fourth-order valence-electron chi connectivity index (χ4n) is 3.05. The number of nitrogens with zero attached hydrogens (tertiary/aromatic N) is 2. The van der Waals surface area contributed by atoms with Gasteiger partial charge in [0, 0.05) is 5.56 Å². The summed E-state index contributed by atoms with van der Waals surface area (Å²) in [4.78, 5) is 16.6. The molecule has 0 N–H and O–H groups in total. The van der Waals surface area contributed by atoms with Crippen LogP contribution in [0.1, 0.15) is 23.9 Å². The molecule has 1 aliphatic heterocycles. The Kier molecular flexibility index (Phi) is 4.87. The second kappa shape index (κ2) is 7.61. The smallest absolute Gasteiger partial charge is 0.313 e. The second-order valence-electron chi connectivity index (χ2n) is 6.49.